The minimum atomic E-state index is -0.234. The highest BCUT2D eigenvalue weighted by Crippen LogP contribution is 2.23. The highest BCUT2D eigenvalue weighted by molar-refractivity contribution is 5.96. The van der Waals surface area contributed by atoms with E-state index >= 15 is 0 Å². The number of benzene rings is 2. The van der Waals surface area contributed by atoms with Gasteiger partial charge in [-0.15, -0.1) is 10.2 Å². The van der Waals surface area contributed by atoms with Crippen LogP contribution in [-0.4, -0.2) is 99.0 Å². The molecule has 1 fully saturated rings. The molecular formula is C29H35N5O5. The number of amides is 2. The van der Waals surface area contributed by atoms with Crippen molar-refractivity contribution in [3.63, 3.8) is 0 Å². The summed E-state index contributed by atoms with van der Waals surface area (Å²) < 4.78 is 15.7. The van der Waals surface area contributed by atoms with Crippen LogP contribution in [0.15, 0.2) is 60.7 Å². The van der Waals surface area contributed by atoms with Gasteiger partial charge in [0.25, 0.3) is 5.91 Å². The van der Waals surface area contributed by atoms with Gasteiger partial charge >= 0.3 is 0 Å². The highest BCUT2D eigenvalue weighted by atomic mass is 16.5. The molecule has 39 heavy (non-hydrogen) atoms. The molecule has 10 heteroatoms. The zero-order valence-electron chi connectivity index (χ0n) is 22.7. The number of methoxy groups -OCH3 is 3. The van der Waals surface area contributed by atoms with E-state index in [1.165, 1.54) is 4.90 Å². The average molecular weight is 534 g/mol. The van der Waals surface area contributed by atoms with Crippen LogP contribution in [0.3, 0.4) is 0 Å². The van der Waals surface area contributed by atoms with Crippen LogP contribution in [0.4, 0.5) is 5.82 Å². The van der Waals surface area contributed by atoms with Gasteiger partial charge in [0.05, 0.1) is 26.5 Å². The number of carbonyl (C=O) groups is 2. The zero-order chi connectivity index (χ0) is 27.6. The molecule has 1 aliphatic rings. The van der Waals surface area contributed by atoms with Gasteiger partial charge < -0.3 is 28.9 Å². The number of aromatic nitrogens is 2. The van der Waals surface area contributed by atoms with Crippen LogP contribution in [0, 0.1) is 0 Å². The first-order chi connectivity index (χ1) is 19.0. The molecule has 0 N–H and O–H groups in total. The second kappa shape index (κ2) is 13.6. The maximum absolute atomic E-state index is 13.3. The van der Waals surface area contributed by atoms with Gasteiger partial charge in [-0.25, -0.2) is 0 Å². The third kappa shape index (κ3) is 7.23. The summed E-state index contributed by atoms with van der Waals surface area (Å²) >= 11 is 0. The Morgan fingerprint density at radius 2 is 1.64 bits per heavy atom. The van der Waals surface area contributed by atoms with E-state index in [0.717, 1.165) is 35.8 Å². The normalized spacial score (nSPS) is 13.5. The molecule has 0 saturated carbocycles. The van der Waals surface area contributed by atoms with Gasteiger partial charge in [0.1, 0.15) is 18.0 Å². The largest absolute Gasteiger partial charge is 0.497 e. The lowest BCUT2D eigenvalue weighted by atomic mass is 10.1. The number of carbonyl (C=O) groups excluding carboxylic acids is 2. The second-order valence-corrected chi connectivity index (χ2v) is 9.18. The molecule has 1 aliphatic heterocycles. The molecule has 10 nitrogen and oxygen atoms in total. The van der Waals surface area contributed by atoms with Gasteiger partial charge in [-0.2, -0.15) is 0 Å². The van der Waals surface area contributed by atoms with Crippen LogP contribution in [0.25, 0.3) is 11.3 Å². The highest BCUT2D eigenvalue weighted by Gasteiger charge is 2.25. The van der Waals surface area contributed by atoms with Gasteiger partial charge in [0, 0.05) is 51.0 Å². The van der Waals surface area contributed by atoms with Crippen molar-refractivity contribution in [1.29, 1.82) is 0 Å². The van der Waals surface area contributed by atoms with Gasteiger partial charge in [0.15, 0.2) is 5.82 Å². The lowest BCUT2D eigenvalue weighted by Crippen LogP contribution is -2.45. The summed E-state index contributed by atoms with van der Waals surface area (Å²) in [7, 11) is 4.77. The lowest BCUT2D eigenvalue weighted by molar-refractivity contribution is -0.131. The fourth-order valence-corrected chi connectivity index (χ4v) is 4.48. The van der Waals surface area contributed by atoms with E-state index < -0.39 is 0 Å². The molecule has 0 atom stereocenters. The molecule has 0 spiro atoms. The van der Waals surface area contributed by atoms with Gasteiger partial charge in [-0.1, -0.05) is 18.2 Å². The van der Waals surface area contributed by atoms with Crippen LogP contribution in [0.1, 0.15) is 16.8 Å². The number of ether oxygens (including phenoxy) is 3. The summed E-state index contributed by atoms with van der Waals surface area (Å²) in [6, 6.07) is 18.5. The average Bonchev–Trinajstić information content (AvgIpc) is 3.25. The van der Waals surface area contributed by atoms with E-state index in [4.69, 9.17) is 14.2 Å². The van der Waals surface area contributed by atoms with E-state index in [1.807, 2.05) is 41.3 Å². The van der Waals surface area contributed by atoms with Crippen molar-refractivity contribution in [3.8, 4) is 22.8 Å². The standard InChI is InChI=1S/C29H35N5O5/c1-37-18-17-34(29(36)23-8-5-10-25(20-23)39-3)21-28(35)33-14-6-13-32(15-16-33)27-12-11-26(30-31-27)22-7-4-9-24(19-22)38-2/h4-5,7-12,19-20H,6,13-18,21H2,1-3H3. The summed E-state index contributed by atoms with van der Waals surface area (Å²) in [5, 5.41) is 8.87. The van der Waals surface area contributed by atoms with Gasteiger partial charge in [-0.05, 0) is 48.9 Å². The minimum absolute atomic E-state index is 0.0194. The molecule has 0 bridgehead atoms. The van der Waals surface area contributed by atoms with Crippen LogP contribution in [-0.2, 0) is 9.53 Å². The van der Waals surface area contributed by atoms with E-state index in [9.17, 15) is 9.59 Å². The minimum Gasteiger partial charge on any atom is -0.497 e. The molecule has 206 valence electrons. The molecule has 2 amide bonds. The predicted molar refractivity (Wildman–Crippen MR) is 148 cm³/mol. The Kier molecular flexibility index (Phi) is 9.69. The zero-order valence-corrected chi connectivity index (χ0v) is 22.7. The Balaban J connectivity index is 1.38. The summed E-state index contributed by atoms with van der Waals surface area (Å²) in [6.07, 6.45) is 0.785. The quantitative estimate of drug-likeness (QED) is 0.393. The monoisotopic (exact) mass is 533 g/mol. The Bertz CT molecular complexity index is 1250. The maximum Gasteiger partial charge on any atom is 0.254 e. The van der Waals surface area contributed by atoms with Crippen molar-refractivity contribution in [2.75, 3.05) is 72.1 Å². The van der Waals surface area contributed by atoms with E-state index in [2.05, 4.69) is 15.1 Å². The van der Waals surface area contributed by atoms with Crippen molar-refractivity contribution in [1.82, 2.24) is 20.0 Å². The van der Waals surface area contributed by atoms with Crippen molar-refractivity contribution < 1.29 is 23.8 Å². The number of hydrogen-bond acceptors (Lipinski definition) is 8. The summed E-state index contributed by atoms with van der Waals surface area (Å²) in [6.45, 7) is 3.15. The van der Waals surface area contributed by atoms with Crippen molar-refractivity contribution in [3.05, 3.63) is 66.2 Å². The summed E-state index contributed by atoms with van der Waals surface area (Å²) in [4.78, 5) is 32.0. The molecule has 1 saturated heterocycles. The van der Waals surface area contributed by atoms with E-state index in [0.29, 0.717) is 44.1 Å². The van der Waals surface area contributed by atoms with E-state index in [-0.39, 0.29) is 18.4 Å². The van der Waals surface area contributed by atoms with Crippen molar-refractivity contribution in [2.24, 2.45) is 0 Å². The lowest BCUT2D eigenvalue weighted by Gasteiger charge is -2.27. The smallest absolute Gasteiger partial charge is 0.254 e. The molecule has 1 aromatic heterocycles. The van der Waals surface area contributed by atoms with Gasteiger partial charge in [0.2, 0.25) is 5.91 Å². The van der Waals surface area contributed by atoms with Crippen molar-refractivity contribution in [2.45, 2.75) is 6.42 Å². The molecule has 2 heterocycles. The van der Waals surface area contributed by atoms with Crippen LogP contribution >= 0.6 is 0 Å². The van der Waals surface area contributed by atoms with Crippen LogP contribution in [0.5, 0.6) is 11.5 Å². The van der Waals surface area contributed by atoms with Crippen LogP contribution in [0.2, 0.25) is 0 Å². The molecule has 3 aromatic rings. The molecule has 2 aromatic carbocycles. The predicted octanol–water partition coefficient (Wildman–Crippen LogP) is 2.99. The van der Waals surface area contributed by atoms with Crippen molar-refractivity contribution >= 4 is 17.6 Å². The first-order valence-electron chi connectivity index (χ1n) is 13.0. The second-order valence-electron chi connectivity index (χ2n) is 9.18. The maximum atomic E-state index is 13.3. The molecular weight excluding hydrogens is 498 g/mol. The number of rotatable bonds is 10. The Morgan fingerprint density at radius 1 is 0.872 bits per heavy atom. The molecule has 0 radical (unpaired) electrons. The Morgan fingerprint density at radius 3 is 2.36 bits per heavy atom. The SMILES string of the molecule is COCCN(CC(=O)N1CCCN(c2ccc(-c3cccc(OC)c3)nn2)CC1)C(=O)c1cccc(OC)c1. The number of nitrogens with zero attached hydrogens (tertiary/aromatic N) is 5. The van der Waals surface area contributed by atoms with Crippen LogP contribution < -0.4 is 14.4 Å². The van der Waals surface area contributed by atoms with E-state index in [1.54, 1.807) is 45.6 Å². The third-order valence-corrected chi connectivity index (χ3v) is 6.68. The number of anilines is 1. The summed E-state index contributed by atoms with van der Waals surface area (Å²) in [5.74, 6) is 1.80. The molecule has 4 rings (SSSR count). The third-order valence-electron chi connectivity index (χ3n) is 6.68. The fraction of sp³-hybridized carbons (Fsp3) is 0.379. The van der Waals surface area contributed by atoms with Gasteiger partial charge in [-0.3, -0.25) is 9.59 Å². The Hall–Kier alpha value is -4.18. The fourth-order valence-electron chi connectivity index (χ4n) is 4.48. The topological polar surface area (TPSA) is 97.3 Å². The first kappa shape index (κ1) is 27.8. The Labute approximate surface area is 229 Å². The number of hydrogen-bond donors (Lipinski definition) is 0. The first-order valence-corrected chi connectivity index (χ1v) is 13.0. The molecule has 0 aliphatic carbocycles. The summed E-state index contributed by atoms with van der Waals surface area (Å²) in [5.41, 5.74) is 2.17. The molecule has 0 unspecified atom stereocenters.